The van der Waals surface area contributed by atoms with Crippen LogP contribution in [-0.2, 0) is 4.79 Å². The molecule has 1 saturated heterocycles. The second-order valence-corrected chi connectivity index (χ2v) is 7.67. The van der Waals surface area contributed by atoms with Gasteiger partial charge in [-0.1, -0.05) is 6.42 Å². The van der Waals surface area contributed by atoms with E-state index in [1.807, 2.05) is 6.92 Å². The van der Waals surface area contributed by atoms with Gasteiger partial charge in [0.25, 0.3) is 5.91 Å². The Balaban J connectivity index is 1.58. The van der Waals surface area contributed by atoms with Crippen LogP contribution in [0.2, 0.25) is 0 Å². The maximum atomic E-state index is 13.1. The van der Waals surface area contributed by atoms with Gasteiger partial charge in [-0.25, -0.2) is 4.79 Å². The molecule has 1 aromatic heterocycles. The molecule has 2 unspecified atom stereocenters. The number of rotatable bonds is 4. The lowest BCUT2D eigenvalue weighted by Crippen LogP contribution is -2.53. The maximum absolute atomic E-state index is 13.1. The average molecular weight is 329 g/mol. The van der Waals surface area contributed by atoms with E-state index in [0.717, 1.165) is 17.7 Å². The molecule has 3 fully saturated rings. The highest BCUT2D eigenvalue weighted by atomic mass is 16.2. The number of carbonyl (C=O) groups excluding carboxylic acids is 3. The highest BCUT2D eigenvalue weighted by molar-refractivity contribution is 6.10. The van der Waals surface area contributed by atoms with Crippen LogP contribution in [0.15, 0.2) is 18.3 Å². The summed E-state index contributed by atoms with van der Waals surface area (Å²) in [6, 6.07) is 3.03. The fraction of sp³-hybridized carbons (Fsp3) is 0.611. The smallest absolute Gasteiger partial charge is 0.327 e. The SMILES string of the molecule is CN1C(=O)N(CC(=O)c2ccc[nH]2)C(=O)C1(C)C1C[C@@H]2CC[C@H]1C2. The van der Waals surface area contributed by atoms with Gasteiger partial charge in [0.15, 0.2) is 5.78 Å². The lowest BCUT2D eigenvalue weighted by molar-refractivity contribution is -0.135. The number of carbonyl (C=O) groups is 3. The summed E-state index contributed by atoms with van der Waals surface area (Å²) >= 11 is 0. The van der Waals surface area contributed by atoms with Crippen molar-refractivity contribution in [3.63, 3.8) is 0 Å². The third-order valence-corrected chi connectivity index (χ3v) is 6.55. The molecule has 3 amide bonds. The van der Waals surface area contributed by atoms with Gasteiger partial charge in [-0.3, -0.25) is 14.5 Å². The number of aromatic amines is 1. The lowest BCUT2D eigenvalue weighted by atomic mass is 9.74. The van der Waals surface area contributed by atoms with Crippen molar-refractivity contribution in [1.82, 2.24) is 14.8 Å². The van der Waals surface area contributed by atoms with Crippen molar-refractivity contribution in [2.75, 3.05) is 13.6 Å². The maximum Gasteiger partial charge on any atom is 0.327 e. The molecule has 24 heavy (non-hydrogen) atoms. The predicted octanol–water partition coefficient (Wildman–Crippen LogP) is 2.29. The van der Waals surface area contributed by atoms with Crippen molar-refractivity contribution in [3.8, 4) is 0 Å². The van der Waals surface area contributed by atoms with Crippen LogP contribution >= 0.6 is 0 Å². The van der Waals surface area contributed by atoms with Crippen molar-refractivity contribution in [3.05, 3.63) is 24.0 Å². The molecule has 2 aliphatic carbocycles. The van der Waals surface area contributed by atoms with E-state index in [2.05, 4.69) is 4.98 Å². The summed E-state index contributed by atoms with van der Waals surface area (Å²) < 4.78 is 0. The van der Waals surface area contributed by atoms with Crippen LogP contribution in [0.25, 0.3) is 0 Å². The molecule has 3 aliphatic rings. The zero-order valence-corrected chi connectivity index (χ0v) is 14.1. The molecule has 6 nitrogen and oxygen atoms in total. The van der Waals surface area contributed by atoms with E-state index in [4.69, 9.17) is 0 Å². The molecule has 0 aromatic carbocycles. The predicted molar refractivity (Wildman–Crippen MR) is 87.3 cm³/mol. The first-order valence-corrected chi connectivity index (χ1v) is 8.69. The number of urea groups is 1. The van der Waals surface area contributed by atoms with Crippen LogP contribution < -0.4 is 0 Å². The molecule has 4 atom stereocenters. The van der Waals surface area contributed by atoms with Gasteiger partial charge in [-0.05, 0) is 56.1 Å². The Kier molecular flexibility index (Phi) is 3.34. The molecule has 1 aromatic rings. The Morgan fingerprint density at radius 2 is 2.12 bits per heavy atom. The van der Waals surface area contributed by atoms with E-state index in [0.29, 0.717) is 17.5 Å². The van der Waals surface area contributed by atoms with E-state index in [1.165, 1.54) is 12.8 Å². The topological polar surface area (TPSA) is 73.5 Å². The summed E-state index contributed by atoms with van der Waals surface area (Å²) in [4.78, 5) is 43.7. The number of hydrogen-bond donors (Lipinski definition) is 1. The summed E-state index contributed by atoms with van der Waals surface area (Å²) in [6.45, 7) is 1.69. The number of nitrogens with zero attached hydrogens (tertiary/aromatic N) is 2. The molecule has 1 aliphatic heterocycles. The number of likely N-dealkylation sites (N-methyl/N-ethyl adjacent to an activating group) is 1. The largest absolute Gasteiger partial charge is 0.359 e. The number of imide groups is 1. The quantitative estimate of drug-likeness (QED) is 0.680. The summed E-state index contributed by atoms with van der Waals surface area (Å²) in [5, 5.41) is 0. The number of amides is 3. The van der Waals surface area contributed by atoms with Crippen LogP contribution in [0.4, 0.5) is 4.79 Å². The van der Waals surface area contributed by atoms with E-state index >= 15 is 0 Å². The second-order valence-electron chi connectivity index (χ2n) is 7.67. The average Bonchev–Trinajstić information content (AvgIpc) is 3.35. The van der Waals surface area contributed by atoms with Gasteiger partial charge in [-0.15, -0.1) is 0 Å². The van der Waals surface area contributed by atoms with E-state index in [9.17, 15) is 14.4 Å². The normalized spacial score (nSPS) is 35.3. The molecule has 0 radical (unpaired) electrons. The summed E-state index contributed by atoms with van der Waals surface area (Å²) in [6.07, 6.45) is 6.26. The summed E-state index contributed by atoms with van der Waals surface area (Å²) in [5.74, 6) is 0.976. The van der Waals surface area contributed by atoms with Gasteiger partial charge >= 0.3 is 6.03 Å². The van der Waals surface area contributed by atoms with Crippen LogP contribution in [0.1, 0.15) is 43.1 Å². The monoisotopic (exact) mass is 329 g/mol. The number of aromatic nitrogens is 1. The van der Waals surface area contributed by atoms with Crippen molar-refractivity contribution in [2.24, 2.45) is 17.8 Å². The van der Waals surface area contributed by atoms with E-state index < -0.39 is 5.54 Å². The van der Waals surface area contributed by atoms with Crippen molar-refractivity contribution >= 4 is 17.7 Å². The number of nitrogens with one attached hydrogen (secondary N) is 1. The second kappa shape index (κ2) is 5.19. The Labute approximate surface area is 141 Å². The standard InChI is InChI=1S/C18H23N3O3/c1-18(13-9-11-5-6-12(13)8-11)16(23)21(17(24)20(18)2)10-15(22)14-4-3-7-19-14/h3-4,7,11-13,19H,5-6,8-10H2,1-2H3/t11-,12+,13?,18?/m1/s1. The van der Waals surface area contributed by atoms with Crippen molar-refractivity contribution in [2.45, 2.75) is 38.1 Å². The fourth-order valence-electron chi connectivity index (χ4n) is 5.10. The van der Waals surface area contributed by atoms with Gasteiger partial charge in [0.2, 0.25) is 0 Å². The first-order chi connectivity index (χ1) is 11.4. The number of fused-ring (bicyclic) bond motifs is 2. The van der Waals surface area contributed by atoms with Crippen LogP contribution in [0.3, 0.4) is 0 Å². The molecule has 128 valence electrons. The molecule has 4 rings (SSSR count). The first-order valence-electron chi connectivity index (χ1n) is 8.69. The summed E-state index contributed by atoms with van der Waals surface area (Å²) in [5.41, 5.74) is -0.390. The third-order valence-electron chi connectivity index (χ3n) is 6.55. The Hall–Kier alpha value is -2.11. The summed E-state index contributed by atoms with van der Waals surface area (Å²) in [7, 11) is 1.70. The molecule has 1 N–H and O–H groups in total. The number of ketones is 1. The van der Waals surface area contributed by atoms with E-state index in [-0.39, 0.29) is 30.2 Å². The fourth-order valence-corrected chi connectivity index (χ4v) is 5.10. The number of hydrogen-bond acceptors (Lipinski definition) is 3. The van der Waals surface area contributed by atoms with Gasteiger partial charge in [-0.2, -0.15) is 0 Å². The van der Waals surface area contributed by atoms with Crippen molar-refractivity contribution in [1.29, 1.82) is 0 Å². The minimum Gasteiger partial charge on any atom is -0.359 e. The highest BCUT2D eigenvalue weighted by Gasteiger charge is 2.61. The van der Waals surface area contributed by atoms with Crippen LogP contribution in [0.5, 0.6) is 0 Å². The highest BCUT2D eigenvalue weighted by Crippen LogP contribution is 2.54. The van der Waals surface area contributed by atoms with Gasteiger partial charge in [0.05, 0.1) is 12.2 Å². The third kappa shape index (κ3) is 1.98. The molecule has 2 bridgehead atoms. The molecular formula is C18H23N3O3. The molecular weight excluding hydrogens is 306 g/mol. The number of H-pyrrole nitrogens is 1. The van der Waals surface area contributed by atoms with Gasteiger partial charge in [0, 0.05) is 13.2 Å². The zero-order chi connectivity index (χ0) is 17.1. The lowest BCUT2D eigenvalue weighted by Gasteiger charge is -2.39. The Morgan fingerprint density at radius 1 is 1.33 bits per heavy atom. The van der Waals surface area contributed by atoms with Crippen molar-refractivity contribution < 1.29 is 14.4 Å². The molecule has 0 spiro atoms. The van der Waals surface area contributed by atoms with Gasteiger partial charge < -0.3 is 9.88 Å². The first kappa shape index (κ1) is 15.4. The number of Topliss-reactive ketones (excluding diaryl/α,β-unsaturated/α-hetero) is 1. The molecule has 2 heterocycles. The zero-order valence-electron chi connectivity index (χ0n) is 14.1. The van der Waals surface area contributed by atoms with Crippen LogP contribution in [0, 0.1) is 17.8 Å². The molecule has 6 heteroatoms. The van der Waals surface area contributed by atoms with Gasteiger partial charge in [0.1, 0.15) is 5.54 Å². The Bertz CT molecular complexity index is 698. The van der Waals surface area contributed by atoms with E-state index in [1.54, 1.807) is 30.3 Å². The minimum atomic E-state index is -0.813. The molecule has 2 saturated carbocycles. The Morgan fingerprint density at radius 3 is 2.71 bits per heavy atom. The minimum absolute atomic E-state index is 0.196. The van der Waals surface area contributed by atoms with Crippen LogP contribution in [-0.4, -0.2) is 51.6 Å².